The van der Waals surface area contributed by atoms with Gasteiger partial charge in [0.1, 0.15) is 0 Å². The molecule has 0 fully saturated rings. The first-order valence-corrected chi connectivity index (χ1v) is 17.8. The summed E-state index contributed by atoms with van der Waals surface area (Å²) in [7, 11) is 0. The van der Waals surface area contributed by atoms with Crippen molar-refractivity contribution in [3.05, 3.63) is 142 Å². The second-order valence-corrected chi connectivity index (χ2v) is 14.4. The van der Waals surface area contributed by atoms with Crippen LogP contribution in [0.1, 0.15) is 38.9 Å². The van der Waals surface area contributed by atoms with Crippen LogP contribution in [0.5, 0.6) is 0 Å². The monoisotopic (exact) mass is 917 g/mol. The Balaban J connectivity index is 1.65. The van der Waals surface area contributed by atoms with Crippen molar-refractivity contribution in [2.24, 2.45) is 0 Å². The first-order chi connectivity index (χ1) is 29.5. The highest BCUT2D eigenvalue weighted by Crippen LogP contribution is 2.47. The molecule has 3 nitrogen and oxygen atoms in total. The minimum atomic E-state index is -5.49. The molecule has 0 bridgehead atoms. The topological polar surface area (TPSA) is 33.6 Å². The fourth-order valence-corrected chi connectivity index (χ4v) is 7.64. The number of aromatic nitrogens is 2. The van der Waals surface area contributed by atoms with Crippen LogP contribution in [-0.4, -0.2) is 9.13 Å². The van der Waals surface area contributed by atoms with Gasteiger partial charge in [0.2, 0.25) is 0 Å². The van der Waals surface area contributed by atoms with Crippen LogP contribution < -0.4 is 0 Å². The van der Waals surface area contributed by atoms with E-state index in [2.05, 4.69) is 0 Å². The molecule has 0 atom stereocenters. The number of nitriles is 1. The Hall–Kier alpha value is -6.85. The van der Waals surface area contributed by atoms with Crippen LogP contribution in [-0.2, 0) is 37.1 Å². The van der Waals surface area contributed by atoms with E-state index in [1.165, 1.54) is 0 Å². The van der Waals surface area contributed by atoms with Crippen LogP contribution in [0.2, 0.25) is 0 Å². The van der Waals surface area contributed by atoms with Crippen LogP contribution in [0.3, 0.4) is 0 Å². The molecular formula is C43H17F18N3. The standard InChI is InChI=1S/C43H17F18N3/c44-38(45,46)21-1-5-27-28-6-2-22(39(47,48)49)14-33(28)63(32(27)13-21)36-11-20(18-62)31(19-9-25(42(56,57)58)12-26(10-19)43(59,60)61)17-37(36)64-34-15-23(40(50,51)52)3-7-29(34)30-8-4-24(16-35(30)64)41(53,54)55/h1-17H. The number of nitrogens with zero attached hydrogens (tertiary/aromatic N) is 3. The number of halogens is 18. The van der Waals surface area contributed by atoms with Crippen LogP contribution >= 0.6 is 0 Å². The normalized spacial score (nSPS) is 13.5. The summed E-state index contributed by atoms with van der Waals surface area (Å²) in [5.41, 5.74) is -16.4. The zero-order chi connectivity index (χ0) is 46.9. The molecule has 0 aliphatic heterocycles. The van der Waals surface area contributed by atoms with E-state index in [4.69, 9.17) is 0 Å². The molecule has 0 N–H and O–H groups in total. The lowest BCUT2D eigenvalue weighted by Gasteiger charge is -2.21. The molecule has 8 aromatic rings. The van der Waals surface area contributed by atoms with Crippen LogP contribution in [0, 0.1) is 11.3 Å². The Bertz CT molecular complexity index is 3080. The highest BCUT2D eigenvalue weighted by molar-refractivity contribution is 6.12. The summed E-state index contributed by atoms with van der Waals surface area (Å²) in [5.74, 6) is 0. The zero-order valence-corrected chi connectivity index (χ0v) is 31.0. The van der Waals surface area contributed by atoms with Crippen molar-refractivity contribution < 1.29 is 79.0 Å². The average Bonchev–Trinajstić information content (AvgIpc) is 3.69. The molecule has 330 valence electrons. The fraction of sp³-hybridized carbons (Fsp3) is 0.140. The van der Waals surface area contributed by atoms with E-state index in [0.29, 0.717) is 69.8 Å². The molecule has 0 aliphatic carbocycles. The molecule has 0 amide bonds. The summed E-state index contributed by atoms with van der Waals surface area (Å²) in [6.07, 6.45) is -31.6. The van der Waals surface area contributed by atoms with Gasteiger partial charge in [-0.25, -0.2) is 0 Å². The molecule has 2 aromatic heterocycles. The number of hydrogen-bond donors (Lipinski definition) is 0. The Morgan fingerprint density at radius 1 is 0.328 bits per heavy atom. The largest absolute Gasteiger partial charge is 0.416 e. The summed E-state index contributed by atoms with van der Waals surface area (Å²) in [6.45, 7) is 0. The Morgan fingerprint density at radius 2 is 0.609 bits per heavy atom. The molecule has 0 saturated heterocycles. The van der Waals surface area contributed by atoms with Gasteiger partial charge in [0.05, 0.1) is 78.5 Å². The molecule has 2 heterocycles. The van der Waals surface area contributed by atoms with E-state index >= 15 is 0 Å². The number of hydrogen-bond acceptors (Lipinski definition) is 1. The van der Waals surface area contributed by atoms with Crippen molar-refractivity contribution in [2.45, 2.75) is 37.1 Å². The summed E-state index contributed by atoms with van der Waals surface area (Å²) < 4.78 is 258. The van der Waals surface area contributed by atoms with Crippen molar-refractivity contribution in [2.75, 3.05) is 0 Å². The summed E-state index contributed by atoms with van der Waals surface area (Å²) >= 11 is 0. The maximum absolute atomic E-state index is 14.3. The van der Waals surface area contributed by atoms with Gasteiger partial charge in [-0.1, -0.05) is 24.3 Å². The Labute approximate surface area is 344 Å². The molecular weight excluding hydrogens is 900 g/mol. The van der Waals surface area contributed by atoms with Crippen molar-refractivity contribution in [1.29, 1.82) is 5.26 Å². The SMILES string of the molecule is N#Cc1cc(-n2c3cc(C(F)(F)F)ccc3c3ccc(C(F)(F)F)cc32)c(-n2c3cc(C(F)(F)F)ccc3c3ccc(C(F)(F)F)cc32)cc1-c1cc(C(F)(F)F)cc(C(F)(F)F)c1. The highest BCUT2D eigenvalue weighted by Gasteiger charge is 2.39. The summed E-state index contributed by atoms with van der Waals surface area (Å²) in [4.78, 5) is 0. The van der Waals surface area contributed by atoms with Crippen LogP contribution in [0.15, 0.2) is 103 Å². The lowest BCUT2D eigenvalue weighted by molar-refractivity contribution is -0.143. The molecule has 0 spiro atoms. The molecule has 6 aromatic carbocycles. The number of rotatable bonds is 3. The van der Waals surface area contributed by atoms with Crippen molar-refractivity contribution in [1.82, 2.24) is 9.13 Å². The molecule has 8 rings (SSSR count). The first-order valence-electron chi connectivity index (χ1n) is 17.8. The minimum absolute atomic E-state index is 0.163. The maximum Gasteiger partial charge on any atom is 0.416 e. The predicted molar refractivity (Wildman–Crippen MR) is 195 cm³/mol. The minimum Gasteiger partial charge on any atom is -0.307 e. The molecule has 64 heavy (non-hydrogen) atoms. The maximum atomic E-state index is 14.3. The number of benzene rings is 6. The third-order valence-corrected chi connectivity index (χ3v) is 10.5. The van der Waals surface area contributed by atoms with E-state index in [1.807, 2.05) is 0 Å². The van der Waals surface area contributed by atoms with Crippen LogP contribution in [0.25, 0.3) is 66.1 Å². The highest BCUT2D eigenvalue weighted by atomic mass is 19.4. The first kappa shape index (κ1) is 43.8. The third-order valence-electron chi connectivity index (χ3n) is 10.5. The average molecular weight is 918 g/mol. The molecule has 21 heteroatoms. The van der Waals surface area contributed by atoms with Gasteiger partial charge in [0.15, 0.2) is 0 Å². The number of fused-ring (bicyclic) bond motifs is 6. The second kappa shape index (κ2) is 14.1. The molecule has 0 unspecified atom stereocenters. The van der Waals surface area contributed by atoms with Gasteiger partial charge in [0, 0.05) is 27.1 Å². The van der Waals surface area contributed by atoms with Crippen molar-refractivity contribution >= 4 is 43.6 Å². The van der Waals surface area contributed by atoms with E-state index in [0.717, 1.165) is 24.3 Å². The quantitative estimate of drug-likeness (QED) is 0.163. The van der Waals surface area contributed by atoms with Crippen molar-refractivity contribution in [3.63, 3.8) is 0 Å². The molecule has 0 aliphatic rings. The lowest BCUT2D eigenvalue weighted by atomic mass is 9.94. The van der Waals surface area contributed by atoms with Gasteiger partial charge in [-0.15, -0.1) is 0 Å². The summed E-state index contributed by atoms with van der Waals surface area (Å²) in [6, 6.07) is 10.2. The summed E-state index contributed by atoms with van der Waals surface area (Å²) in [5, 5.41) is 9.54. The third kappa shape index (κ3) is 7.47. The predicted octanol–water partition coefficient (Wildman–Crippen LogP) is 15.5. The van der Waals surface area contributed by atoms with Crippen molar-refractivity contribution in [3.8, 4) is 28.6 Å². The van der Waals surface area contributed by atoms with Gasteiger partial charge in [-0.3, -0.25) is 0 Å². The van der Waals surface area contributed by atoms with Gasteiger partial charge in [-0.05, 0) is 84.4 Å². The second-order valence-electron chi connectivity index (χ2n) is 14.4. The Kier molecular flexibility index (Phi) is 9.63. The van der Waals surface area contributed by atoms with Gasteiger partial charge < -0.3 is 9.13 Å². The van der Waals surface area contributed by atoms with E-state index in [9.17, 15) is 84.3 Å². The lowest BCUT2D eigenvalue weighted by Crippen LogP contribution is -2.12. The van der Waals surface area contributed by atoms with E-state index in [1.54, 1.807) is 6.07 Å². The Morgan fingerprint density at radius 3 is 0.875 bits per heavy atom. The molecule has 0 saturated carbocycles. The van der Waals surface area contributed by atoms with E-state index in [-0.39, 0.29) is 39.7 Å². The smallest absolute Gasteiger partial charge is 0.307 e. The van der Waals surface area contributed by atoms with Crippen LogP contribution in [0.4, 0.5) is 79.0 Å². The van der Waals surface area contributed by atoms with Gasteiger partial charge >= 0.3 is 37.1 Å². The fourth-order valence-electron chi connectivity index (χ4n) is 7.64. The molecule has 0 radical (unpaired) electrons. The van der Waals surface area contributed by atoms with Gasteiger partial charge in [0.25, 0.3) is 0 Å². The number of alkyl halides is 18. The van der Waals surface area contributed by atoms with E-state index < -0.39 is 121 Å². The zero-order valence-electron chi connectivity index (χ0n) is 31.0. The van der Waals surface area contributed by atoms with Gasteiger partial charge in [-0.2, -0.15) is 84.3 Å².